The molecule has 1 unspecified atom stereocenters. The molecule has 0 aromatic heterocycles. The highest BCUT2D eigenvalue weighted by atomic mass is 32.2. The maximum Gasteiger partial charge on any atom is 0.222 e. The number of hydrogen-bond donors (Lipinski definition) is 1. The zero-order valence-electron chi connectivity index (χ0n) is 11.6. The van der Waals surface area contributed by atoms with E-state index < -0.39 is 10.0 Å². The maximum atomic E-state index is 11.8. The third kappa shape index (κ3) is 4.31. The number of carbonyl (C=O) groups is 1. The quantitative estimate of drug-likeness (QED) is 0.867. The molecule has 1 aliphatic heterocycles. The average Bonchev–Trinajstić information content (AvgIpc) is 2.66. The molecule has 0 spiro atoms. The lowest BCUT2D eigenvalue weighted by Gasteiger charge is -2.16. The van der Waals surface area contributed by atoms with Crippen molar-refractivity contribution in [2.45, 2.75) is 19.8 Å². The summed E-state index contributed by atoms with van der Waals surface area (Å²) in [5.41, 5.74) is 2.39. The van der Waals surface area contributed by atoms with Crippen LogP contribution in [0, 0.1) is 12.8 Å². The van der Waals surface area contributed by atoms with Gasteiger partial charge < -0.3 is 4.90 Å². The fraction of sp³-hybridized carbons (Fsp3) is 0.500. The van der Waals surface area contributed by atoms with Gasteiger partial charge in [-0.1, -0.05) is 29.8 Å². The van der Waals surface area contributed by atoms with Crippen LogP contribution < -0.4 is 5.14 Å². The van der Waals surface area contributed by atoms with Crippen molar-refractivity contribution in [2.24, 2.45) is 11.1 Å². The molecule has 1 atom stereocenters. The highest BCUT2D eigenvalue weighted by molar-refractivity contribution is 7.89. The zero-order chi connectivity index (χ0) is 14.8. The minimum absolute atomic E-state index is 0.0192. The van der Waals surface area contributed by atoms with Gasteiger partial charge in [0.25, 0.3) is 0 Å². The van der Waals surface area contributed by atoms with Gasteiger partial charge in [0.15, 0.2) is 0 Å². The second-order valence-corrected chi connectivity index (χ2v) is 7.13. The van der Waals surface area contributed by atoms with E-state index in [1.54, 1.807) is 4.90 Å². The van der Waals surface area contributed by atoms with E-state index in [4.69, 9.17) is 5.14 Å². The van der Waals surface area contributed by atoms with E-state index in [9.17, 15) is 13.2 Å². The van der Waals surface area contributed by atoms with Gasteiger partial charge in [-0.15, -0.1) is 0 Å². The second kappa shape index (κ2) is 5.93. The molecule has 5 nitrogen and oxygen atoms in total. The van der Waals surface area contributed by atoms with Crippen LogP contribution in [-0.4, -0.2) is 38.1 Å². The number of aryl methyl sites for hydroxylation is 1. The van der Waals surface area contributed by atoms with Gasteiger partial charge in [-0.2, -0.15) is 0 Å². The summed E-state index contributed by atoms with van der Waals surface area (Å²) in [5.74, 6) is -0.263. The molecule has 0 aliphatic carbocycles. The van der Waals surface area contributed by atoms with E-state index in [1.807, 2.05) is 19.1 Å². The first-order chi connectivity index (χ1) is 9.33. The maximum absolute atomic E-state index is 11.8. The van der Waals surface area contributed by atoms with Crippen LogP contribution in [0.3, 0.4) is 0 Å². The lowest BCUT2D eigenvalue weighted by atomic mass is 10.1. The van der Waals surface area contributed by atoms with E-state index in [1.165, 1.54) is 11.1 Å². The standard InChI is InChI=1S/C14H20N2O3S/c1-11-2-4-12(5-3-11)6-7-16-9-13(8-14(16)17)10-20(15,18)19/h2-5,13H,6-10H2,1H3,(H2,15,18,19). The van der Waals surface area contributed by atoms with Crippen LogP contribution in [0.5, 0.6) is 0 Å². The van der Waals surface area contributed by atoms with Crippen molar-refractivity contribution in [1.29, 1.82) is 0 Å². The van der Waals surface area contributed by atoms with E-state index in [0.29, 0.717) is 13.1 Å². The summed E-state index contributed by atoms with van der Waals surface area (Å²) in [6.07, 6.45) is 1.07. The van der Waals surface area contributed by atoms with Crippen LogP contribution in [0.1, 0.15) is 17.5 Å². The van der Waals surface area contributed by atoms with Crippen molar-refractivity contribution in [3.63, 3.8) is 0 Å². The number of likely N-dealkylation sites (tertiary alicyclic amines) is 1. The van der Waals surface area contributed by atoms with Gasteiger partial charge in [0.1, 0.15) is 0 Å². The Balaban J connectivity index is 1.87. The zero-order valence-corrected chi connectivity index (χ0v) is 12.4. The summed E-state index contributed by atoms with van der Waals surface area (Å²) in [4.78, 5) is 13.6. The molecule has 1 heterocycles. The third-order valence-electron chi connectivity index (χ3n) is 3.55. The minimum atomic E-state index is -3.51. The Morgan fingerprint density at radius 1 is 1.30 bits per heavy atom. The van der Waals surface area contributed by atoms with Gasteiger partial charge in [0, 0.05) is 25.4 Å². The lowest BCUT2D eigenvalue weighted by Crippen LogP contribution is -2.29. The van der Waals surface area contributed by atoms with Gasteiger partial charge in [0.2, 0.25) is 15.9 Å². The summed E-state index contributed by atoms with van der Waals surface area (Å²) in [6.45, 7) is 3.15. The molecule has 110 valence electrons. The molecule has 1 fully saturated rings. The molecule has 1 aromatic carbocycles. The summed E-state index contributed by atoms with van der Waals surface area (Å²) in [5, 5.41) is 5.03. The Bertz CT molecular complexity index is 581. The summed E-state index contributed by atoms with van der Waals surface area (Å²) in [7, 11) is -3.51. The molecule has 0 bridgehead atoms. The highest BCUT2D eigenvalue weighted by Crippen LogP contribution is 2.19. The molecular weight excluding hydrogens is 276 g/mol. The molecule has 1 aliphatic rings. The Morgan fingerprint density at radius 3 is 2.55 bits per heavy atom. The Hall–Kier alpha value is -1.40. The van der Waals surface area contributed by atoms with Crippen LogP contribution in [0.15, 0.2) is 24.3 Å². The number of nitrogens with zero attached hydrogens (tertiary/aromatic N) is 1. The number of nitrogens with two attached hydrogens (primary N) is 1. The first-order valence-electron chi connectivity index (χ1n) is 6.67. The second-order valence-electron chi connectivity index (χ2n) is 5.48. The molecule has 6 heteroatoms. The number of rotatable bonds is 5. The predicted octanol–water partition coefficient (Wildman–Crippen LogP) is 0.675. The molecule has 1 aromatic rings. The van der Waals surface area contributed by atoms with Crippen molar-refractivity contribution in [3.05, 3.63) is 35.4 Å². The highest BCUT2D eigenvalue weighted by Gasteiger charge is 2.31. The SMILES string of the molecule is Cc1ccc(CCN2CC(CS(N)(=O)=O)CC2=O)cc1. The number of amides is 1. The minimum Gasteiger partial charge on any atom is -0.342 e. The molecule has 1 amide bonds. The molecule has 0 radical (unpaired) electrons. The number of hydrogen-bond acceptors (Lipinski definition) is 3. The van der Waals surface area contributed by atoms with E-state index >= 15 is 0 Å². The van der Waals surface area contributed by atoms with Crippen molar-refractivity contribution in [1.82, 2.24) is 4.90 Å². The van der Waals surface area contributed by atoms with Crippen molar-refractivity contribution < 1.29 is 13.2 Å². The topological polar surface area (TPSA) is 80.5 Å². The molecule has 2 N–H and O–H groups in total. The average molecular weight is 296 g/mol. The predicted molar refractivity (Wildman–Crippen MR) is 77.5 cm³/mol. The van der Waals surface area contributed by atoms with Crippen LogP contribution in [0.25, 0.3) is 0 Å². The Labute approximate surface area is 119 Å². The first-order valence-corrected chi connectivity index (χ1v) is 8.39. The Kier molecular flexibility index (Phi) is 4.45. The number of primary sulfonamides is 1. The smallest absolute Gasteiger partial charge is 0.222 e. The molecule has 1 saturated heterocycles. The first kappa shape index (κ1) is 15.0. The van der Waals surface area contributed by atoms with Crippen molar-refractivity contribution >= 4 is 15.9 Å². The van der Waals surface area contributed by atoms with Gasteiger partial charge in [0.05, 0.1) is 5.75 Å². The fourth-order valence-electron chi connectivity index (χ4n) is 2.53. The van der Waals surface area contributed by atoms with Crippen LogP contribution in [0.2, 0.25) is 0 Å². The van der Waals surface area contributed by atoms with Crippen molar-refractivity contribution in [3.8, 4) is 0 Å². The van der Waals surface area contributed by atoms with Gasteiger partial charge in [-0.05, 0) is 18.9 Å². The van der Waals surface area contributed by atoms with Crippen LogP contribution >= 0.6 is 0 Å². The number of carbonyl (C=O) groups excluding carboxylic acids is 1. The fourth-order valence-corrected chi connectivity index (χ4v) is 3.41. The van der Waals surface area contributed by atoms with E-state index in [-0.39, 0.29) is 24.0 Å². The lowest BCUT2D eigenvalue weighted by molar-refractivity contribution is -0.127. The van der Waals surface area contributed by atoms with E-state index in [0.717, 1.165) is 6.42 Å². The third-order valence-corrected chi connectivity index (χ3v) is 4.49. The number of benzene rings is 1. The van der Waals surface area contributed by atoms with Crippen LogP contribution in [-0.2, 0) is 21.2 Å². The number of sulfonamides is 1. The van der Waals surface area contributed by atoms with Crippen LogP contribution in [0.4, 0.5) is 0 Å². The van der Waals surface area contributed by atoms with Gasteiger partial charge in [-0.3, -0.25) is 4.79 Å². The van der Waals surface area contributed by atoms with Gasteiger partial charge >= 0.3 is 0 Å². The molecule has 20 heavy (non-hydrogen) atoms. The summed E-state index contributed by atoms with van der Waals surface area (Å²) >= 11 is 0. The normalized spacial score (nSPS) is 19.6. The molecule has 2 rings (SSSR count). The molecular formula is C14H20N2O3S. The van der Waals surface area contributed by atoms with Crippen molar-refractivity contribution in [2.75, 3.05) is 18.8 Å². The van der Waals surface area contributed by atoms with Gasteiger partial charge in [-0.25, -0.2) is 13.6 Å². The largest absolute Gasteiger partial charge is 0.342 e. The molecule has 0 saturated carbocycles. The summed E-state index contributed by atoms with van der Waals surface area (Å²) < 4.78 is 22.1. The monoisotopic (exact) mass is 296 g/mol. The summed E-state index contributed by atoms with van der Waals surface area (Å²) in [6, 6.07) is 8.20. The van der Waals surface area contributed by atoms with E-state index in [2.05, 4.69) is 12.1 Å². The Morgan fingerprint density at radius 2 is 1.95 bits per heavy atom.